The van der Waals surface area contributed by atoms with E-state index in [-0.39, 0.29) is 6.61 Å². The molecule has 0 saturated heterocycles. The third-order valence-corrected chi connectivity index (χ3v) is 4.71. The van der Waals surface area contributed by atoms with Gasteiger partial charge in [-0.3, -0.25) is 0 Å². The molecule has 3 aromatic rings. The molecule has 0 amide bonds. The van der Waals surface area contributed by atoms with Crippen LogP contribution in [0.2, 0.25) is 0 Å². The lowest BCUT2D eigenvalue weighted by Gasteiger charge is -2.07. The first-order chi connectivity index (χ1) is 13.6. The summed E-state index contributed by atoms with van der Waals surface area (Å²) in [6.45, 7) is 2.66. The van der Waals surface area contributed by atoms with Crippen molar-refractivity contribution in [1.29, 1.82) is 0 Å². The number of hydrogen-bond acceptors (Lipinski definition) is 5. The Labute approximate surface area is 172 Å². The van der Waals surface area contributed by atoms with Crippen LogP contribution in [0.15, 0.2) is 57.4 Å². The molecular weight excluding hydrogens is 424 g/mol. The number of aryl methyl sites for hydroxylation is 1. The normalized spacial score (nSPS) is 11.2. The molecule has 0 saturated carbocycles. The minimum atomic E-state index is -0.439. The highest BCUT2D eigenvalue weighted by molar-refractivity contribution is 9.10. The van der Waals surface area contributed by atoms with Crippen LogP contribution in [-0.2, 0) is 9.47 Å². The summed E-state index contributed by atoms with van der Waals surface area (Å²) < 4.78 is 22.5. The average Bonchev–Trinajstić information content (AvgIpc) is 3.00. The van der Waals surface area contributed by atoms with Gasteiger partial charge in [-0.2, -0.15) is 0 Å². The molecule has 0 fully saturated rings. The predicted octanol–water partition coefficient (Wildman–Crippen LogP) is 5.40. The van der Waals surface area contributed by atoms with Gasteiger partial charge in [0.2, 0.25) is 0 Å². The molecule has 0 aliphatic rings. The quantitative estimate of drug-likeness (QED) is 0.343. The molecule has 0 atom stereocenters. The van der Waals surface area contributed by atoms with Crippen molar-refractivity contribution in [1.82, 2.24) is 0 Å². The molecule has 0 aliphatic heterocycles. The van der Waals surface area contributed by atoms with Crippen LogP contribution in [-0.4, -0.2) is 32.9 Å². The van der Waals surface area contributed by atoms with Gasteiger partial charge in [0.1, 0.15) is 35.9 Å². The van der Waals surface area contributed by atoms with Crippen LogP contribution in [0.5, 0.6) is 5.75 Å². The zero-order chi connectivity index (χ0) is 19.9. The molecule has 6 heteroatoms. The van der Waals surface area contributed by atoms with Crippen molar-refractivity contribution >= 4 is 38.9 Å². The number of halogens is 1. The molecule has 146 valence electrons. The van der Waals surface area contributed by atoms with Gasteiger partial charge in [-0.15, -0.1) is 0 Å². The van der Waals surface area contributed by atoms with Crippen LogP contribution in [0, 0.1) is 6.92 Å². The van der Waals surface area contributed by atoms with E-state index in [4.69, 9.17) is 18.6 Å². The van der Waals surface area contributed by atoms with Crippen molar-refractivity contribution in [3.63, 3.8) is 0 Å². The minimum Gasteiger partial charge on any atom is -0.488 e. The Balaban J connectivity index is 1.77. The number of rotatable bonds is 8. The molecule has 1 heterocycles. The summed E-state index contributed by atoms with van der Waals surface area (Å²) in [6.07, 6.45) is 3.93. The van der Waals surface area contributed by atoms with Crippen molar-refractivity contribution in [2.24, 2.45) is 0 Å². The van der Waals surface area contributed by atoms with Crippen molar-refractivity contribution in [2.75, 3.05) is 26.9 Å². The van der Waals surface area contributed by atoms with E-state index in [1.165, 1.54) is 0 Å². The van der Waals surface area contributed by atoms with Gasteiger partial charge in [0, 0.05) is 12.5 Å². The fourth-order valence-electron chi connectivity index (χ4n) is 2.76. The summed E-state index contributed by atoms with van der Waals surface area (Å²) in [5, 5.41) is 0.658. The van der Waals surface area contributed by atoms with Crippen LogP contribution in [0.1, 0.15) is 21.7 Å². The third-order valence-electron chi connectivity index (χ3n) is 4.09. The molecular formula is C22H21BrO5. The fraction of sp³-hybridized carbons (Fsp3) is 0.227. The highest BCUT2D eigenvalue weighted by Crippen LogP contribution is 2.35. The summed E-state index contributed by atoms with van der Waals surface area (Å²) in [4.78, 5) is 12.4. The molecule has 1 aromatic heterocycles. The molecule has 28 heavy (non-hydrogen) atoms. The molecule has 0 aliphatic carbocycles. The Morgan fingerprint density at radius 2 is 1.96 bits per heavy atom. The van der Waals surface area contributed by atoms with Gasteiger partial charge < -0.3 is 18.6 Å². The van der Waals surface area contributed by atoms with Crippen molar-refractivity contribution < 1.29 is 23.4 Å². The van der Waals surface area contributed by atoms with Crippen LogP contribution < -0.4 is 4.74 Å². The third kappa shape index (κ3) is 4.82. The molecule has 0 radical (unpaired) electrons. The number of furan rings is 1. The van der Waals surface area contributed by atoms with E-state index >= 15 is 0 Å². The SMILES string of the molecule is COCCOC(=O)c1c(C)oc2cc(Br)c(OC/C=C/c3ccccc3)cc12. The topological polar surface area (TPSA) is 57.9 Å². The standard InChI is InChI=1S/C22H21BrO5/c1-15-21(22(24)27-12-11-25-2)17-13-20(18(23)14-19(17)28-15)26-10-6-9-16-7-4-3-5-8-16/h3-9,13-14H,10-12H2,1-2H3/b9-6+. The van der Waals surface area contributed by atoms with E-state index in [2.05, 4.69) is 15.9 Å². The lowest BCUT2D eigenvalue weighted by molar-refractivity contribution is 0.0388. The van der Waals surface area contributed by atoms with Gasteiger partial charge in [-0.05, 0) is 46.6 Å². The summed E-state index contributed by atoms with van der Waals surface area (Å²) in [5.74, 6) is 0.688. The number of carbonyl (C=O) groups is 1. The number of carbonyl (C=O) groups excluding carboxylic acids is 1. The lowest BCUT2D eigenvalue weighted by Crippen LogP contribution is -2.10. The van der Waals surface area contributed by atoms with E-state index in [9.17, 15) is 4.79 Å². The molecule has 5 nitrogen and oxygen atoms in total. The second-order valence-corrected chi connectivity index (χ2v) is 6.92. The van der Waals surface area contributed by atoms with Gasteiger partial charge in [0.15, 0.2) is 0 Å². The van der Waals surface area contributed by atoms with Crippen molar-refractivity contribution in [3.05, 3.63) is 69.9 Å². The summed E-state index contributed by atoms with van der Waals surface area (Å²) in [6, 6.07) is 13.6. The van der Waals surface area contributed by atoms with Crippen LogP contribution in [0.25, 0.3) is 17.0 Å². The number of ether oxygens (including phenoxy) is 3. The van der Waals surface area contributed by atoms with Crippen LogP contribution in [0.3, 0.4) is 0 Å². The van der Waals surface area contributed by atoms with E-state index in [1.54, 1.807) is 26.2 Å². The van der Waals surface area contributed by atoms with Crippen molar-refractivity contribution in [2.45, 2.75) is 6.92 Å². The number of fused-ring (bicyclic) bond motifs is 1. The largest absolute Gasteiger partial charge is 0.488 e. The van der Waals surface area contributed by atoms with E-state index in [0.717, 1.165) is 10.0 Å². The number of hydrogen-bond donors (Lipinski definition) is 0. The summed E-state index contributed by atoms with van der Waals surface area (Å²) in [7, 11) is 1.56. The molecule has 0 spiro atoms. The number of benzene rings is 2. The Bertz CT molecular complexity index is 976. The highest BCUT2D eigenvalue weighted by Gasteiger charge is 2.21. The second-order valence-electron chi connectivity index (χ2n) is 6.06. The highest BCUT2D eigenvalue weighted by atomic mass is 79.9. The lowest BCUT2D eigenvalue weighted by atomic mass is 10.1. The first-order valence-electron chi connectivity index (χ1n) is 8.83. The molecule has 0 unspecified atom stereocenters. The molecule has 0 bridgehead atoms. The zero-order valence-electron chi connectivity index (χ0n) is 15.7. The fourth-order valence-corrected chi connectivity index (χ4v) is 3.20. The Morgan fingerprint density at radius 1 is 1.18 bits per heavy atom. The monoisotopic (exact) mass is 444 g/mol. The summed E-state index contributed by atoms with van der Waals surface area (Å²) >= 11 is 3.49. The Kier molecular flexibility index (Phi) is 6.90. The first-order valence-corrected chi connectivity index (χ1v) is 9.62. The predicted molar refractivity (Wildman–Crippen MR) is 112 cm³/mol. The maximum atomic E-state index is 12.4. The van der Waals surface area contributed by atoms with E-state index in [1.807, 2.05) is 42.5 Å². The first kappa shape index (κ1) is 20.2. The minimum absolute atomic E-state index is 0.186. The second kappa shape index (κ2) is 9.57. The van der Waals surface area contributed by atoms with Gasteiger partial charge >= 0.3 is 5.97 Å². The maximum Gasteiger partial charge on any atom is 0.342 e. The maximum absolute atomic E-state index is 12.4. The van der Waals surface area contributed by atoms with Crippen molar-refractivity contribution in [3.8, 4) is 5.75 Å². The van der Waals surface area contributed by atoms with Gasteiger partial charge in [-0.1, -0.05) is 36.4 Å². The summed E-state index contributed by atoms with van der Waals surface area (Å²) in [5.41, 5.74) is 2.10. The molecule has 3 rings (SSSR count). The zero-order valence-corrected chi connectivity index (χ0v) is 17.3. The Hall–Kier alpha value is -2.57. The van der Waals surface area contributed by atoms with Gasteiger partial charge in [0.25, 0.3) is 0 Å². The molecule has 2 aromatic carbocycles. The van der Waals surface area contributed by atoms with E-state index in [0.29, 0.717) is 41.3 Å². The van der Waals surface area contributed by atoms with Gasteiger partial charge in [0.05, 0.1) is 11.1 Å². The number of esters is 1. The van der Waals surface area contributed by atoms with Gasteiger partial charge in [-0.25, -0.2) is 4.79 Å². The molecule has 0 N–H and O–H groups in total. The van der Waals surface area contributed by atoms with Crippen LogP contribution in [0.4, 0.5) is 0 Å². The average molecular weight is 445 g/mol. The number of methoxy groups -OCH3 is 1. The van der Waals surface area contributed by atoms with E-state index < -0.39 is 5.97 Å². The Morgan fingerprint density at radius 3 is 2.71 bits per heavy atom. The smallest absolute Gasteiger partial charge is 0.342 e. The van der Waals surface area contributed by atoms with Crippen LogP contribution >= 0.6 is 15.9 Å².